The van der Waals surface area contributed by atoms with Crippen LogP contribution in [0.3, 0.4) is 0 Å². The quantitative estimate of drug-likeness (QED) is 0.694. The van der Waals surface area contributed by atoms with Crippen LogP contribution in [0.15, 0.2) is 24.3 Å². The molecule has 1 heterocycles. The molecule has 2 amide bonds. The molecule has 0 atom stereocenters. The number of amides is 2. The lowest BCUT2D eigenvalue weighted by molar-refractivity contribution is 0.0609. The number of carbonyl (C=O) groups excluding carboxylic acids is 2. The first kappa shape index (κ1) is 20.7. The monoisotopic (exact) mass is 279 g/mol. The summed E-state index contributed by atoms with van der Waals surface area (Å²) in [7, 11) is 0. The molecular formula is C17H29NO2. The largest absolute Gasteiger partial charge is 0.272 e. The highest BCUT2D eigenvalue weighted by Gasteiger charge is 2.36. The van der Waals surface area contributed by atoms with Gasteiger partial charge in [-0.25, -0.2) is 0 Å². The lowest BCUT2D eigenvalue weighted by Crippen LogP contribution is -2.35. The summed E-state index contributed by atoms with van der Waals surface area (Å²) in [4.78, 5) is 24.8. The molecule has 1 aromatic rings. The van der Waals surface area contributed by atoms with Crippen molar-refractivity contribution in [1.29, 1.82) is 0 Å². The molecule has 3 nitrogen and oxygen atoms in total. The van der Waals surface area contributed by atoms with Gasteiger partial charge in [-0.1, -0.05) is 53.7 Å². The second-order valence-electron chi connectivity index (χ2n) is 3.62. The molecule has 0 radical (unpaired) electrons. The van der Waals surface area contributed by atoms with Crippen molar-refractivity contribution in [2.24, 2.45) is 0 Å². The lowest BCUT2D eigenvalue weighted by Gasteiger charge is -2.17. The van der Waals surface area contributed by atoms with E-state index in [0.29, 0.717) is 11.1 Å². The summed E-state index contributed by atoms with van der Waals surface area (Å²) in [5.41, 5.74) is 1.04. The van der Waals surface area contributed by atoms with E-state index >= 15 is 0 Å². The summed E-state index contributed by atoms with van der Waals surface area (Å²) in [6.07, 6.45) is 0. The van der Waals surface area contributed by atoms with Crippen molar-refractivity contribution in [3.8, 4) is 0 Å². The van der Waals surface area contributed by atoms with E-state index in [0.717, 1.165) is 0 Å². The zero-order valence-electron chi connectivity index (χ0n) is 14.2. The van der Waals surface area contributed by atoms with Crippen molar-refractivity contribution in [2.45, 2.75) is 61.4 Å². The first-order valence-electron chi connectivity index (χ1n) is 7.60. The summed E-state index contributed by atoms with van der Waals surface area (Å²) >= 11 is 0. The fourth-order valence-electron chi connectivity index (χ4n) is 1.68. The first-order chi connectivity index (χ1) is 9.63. The van der Waals surface area contributed by atoms with E-state index in [2.05, 4.69) is 0 Å². The minimum Gasteiger partial charge on any atom is -0.272 e. The predicted molar refractivity (Wildman–Crippen MR) is 86.1 cm³/mol. The number of benzene rings is 1. The molecule has 20 heavy (non-hydrogen) atoms. The van der Waals surface area contributed by atoms with Crippen molar-refractivity contribution in [3.05, 3.63) is 35.4 Å². The highest BCUT2D eigenvalue weighted by molar-refractivity contribution is 6.21. The van der Waals surface area contributed by atoms with E-state index in [1.54, 1.807) is 24.3 Å². The molecular weight excluding hydrogens is 250 g/mol. The van der Waals surface area contributed by atoms with Crippen molar-refractivity contribution in [2.75, 3.05) is 0 Å². The van der Waals surface area contributed by atoms with Gasteiger partial charge in [0.15, 0.2) is 0 Å². The van der Waals surface area contributed by atoms with Gasteiger partial charge < -0.3 is 0 Å². The third kappa shape index (κ3) is 4.48. The standard InChI is InChI=1S/C11H11NO2.3C2H6/c1-7(2)12-10(13)8-5-3-4-6-9(8)11(12)14;3*1-2/h3-7H,1-2H3;3*1-2H3. The maximum Gasteiger partial charge on any atom is 0.261 e. The SMILES string of the molecule is CC.CC.CC.CC(C)N1C(=O)c2ccccc2C1=O. The van der Waals surface area contributed by atoms with Crippen molar-refractivity contribution >= 4 is 11.8 Å². The summed E-state index contributed by atoms with van der Waals surface area (Å²) in [5.74, 6) is -0.360. The van der Waals surface area contributed by atoms with Gasteiger partial charge in [0.2, 0.25) is 0 Å². The van der Waals surface area contributed by atoms with Gasteiger partial charge in [0.1, 0.15) is 0 Å². The Morgan fingerprint density at radius 2 is 1.05 bits per heavy atom. The average molecular weight is 279 g/mol. The number of nitrogens with zero attached hydrogens (tertiary/aromatic N) is 1. The van der Waals surface area contributed by atoms with Crippen LogP contribution in [0, 0.1) is 0 Å². The van der Waals surface area contributed by atoms with Gasteiger partial charge in [-0.15, -0.1) is 0 Å². The van der Waals surface area contributed by atoms with Crippen LogP contribution in [0.2, 0.25) is 0 Å². The normalized spacial score (nSPS) is 11.6. The smallest absolute Gasteiger partial charge is 0.261 e. The van der Waals surface area contributed by atoms with Crippen molar-refractivity contribution < 1.29 is 9.59 Å². The number of hydrogen-bond donors (Lipinski definition) is 0. The Labute approximate surface area is 124 Å². The van der Waals surface area contributed by atoms with Crippen molar-refractivity contribution in [1.82, 2.24) is 4.90 Å². The molecule has 0 unspecified atom stereocenters. The van der Waals surface area contributed by atoms with E-state index in [1.165, 1.54) is 4.90 Å². The molecule has 0 saturated carbocycles. The molecule has 1 aliphatic rings. The molecule has 2 rings (SSSR count). The van der Waals surface area contributed by atoms with E-state index in [-0.39, 0.29) is 17.9 Å². The Bertz CT molecular complexity index is 376. The third-order valence-corrected chi connectivity index (χ3v) is 2.34. The highest BCUT2D eigenvalue weighted by atomic mass is 16.2. The van der Waals surface area contributed by atoms with Crippen LogP contribution in [0.25, 0.3) is 0 Å². The summed E-state index contributed by atoms with van der Waals surface area (Å²) < 4.78 is 0. The summed E-state index contributed by atoms with van der Waals surface area (Å²) in [6.45, 7) is 15.7. The van der Waals surface area contributed by atoms with E-state index in [1.807, 2.05) is 55.4 Å². The molecule has 0 fully saturated rings. The van der Waals surface area contributed by atoms with Crippen LogP contribution in [-0.4, -0.2) is 22.8 Å². The van der Waals surface area contributed by atoms with Gasteiger partial charge in [-0.05, 0) is 26.0 Å². The second kappa shape index (κ2) is 11.2. The van der Waals surface area contributed by atoms with Gasteiger partial charge in [0.05, 0.1) is 11.1 Å². The van der Waals surface area contributed by atoms with Crippen molar-refractivity contribution in [3.63, 3.8) is 0 Å². The number of fused-ring (bicyclic) bond motifs is 1. The first-order valence-corrected chi connectivity index (χ1v) is 7.60. The molecule has 1 aromatic carbocycles. The van der Waals surface area contributed by atoms with Crippen LogP contribution in [0.4, 0.5) is 0 Å². The molecule has 114 valence electrons. The van der Waals surface area contributed by atoms with Gasteiger partial charge in [-0.3, -0.25) is 14.5 Å². The van der Waals surface area contributed by atoms with E-state index < -0.39 is 0 Å². The van der Waals surface area contributed by atoms with Crippen LogP contribution < -0.4 is 0 Å². The number of hydrogen-bond acceptors (Lipinski definition) is 2. The van der Waals surface area contributed by atoms with Gasteiger partial charge >= 0.3 is 0 Å². The molecule has 0 saturated heterocycles. The maximum atomic E-state index is 11.8. The fourth-order valence-corrected chi connectivity index (χ4v) is 1.68. The maximum absolute atomic E-state index is 11.8. The van der Waals surface area contributed by atoms with E-state index in [9.17, 15) is 9.59 Å². The Kier molecular flexibility index (Phi) is 11.6. The molecule has 1 aliphatic heterocycles. The molecule has 0 spiro atoms. The highest BCUT2D eigenvalue weighted by Crippen LogP contribution is 2.23. The summed E-state index contributed by atoms with van der Waals surface area (Å²) in [6, 6.07) is 6.85. The lowest BCUT2D eigenvalue weighted by atomic mass is 10.1. The molecule has 0 bridgehead atoms. The van der Waals surface area contributed by atoms with Crippen LogP contribution >= 0.6 is 0 Å². The van der Waals surface area contributed by atoms with Crippen LogP contribution in [-0.2, 0) is 0 Å². The average Bonchev–Trinajstić information content (AvgIpc) is 2.78. The number of imide groups is 1. The van der Waals surface area contributed by atoms with Crippen LogP contribution in [0.5, 0.6) is 0 Å². The Hall–Kier alpha value is -1.64. The minimum atomic E-state index is -0.180. The predicted octanol–water partition coefficient (Wildman–Crippen LogP) is 4.77. The number of rotatable bonds is 1. The fraction of sp³-hybridized carbons (Fsp3) is 0.529. The number of carbonyl (C=O) groups is 2. The zero-order valence-corrected chi connectivity index (χ0v) is 14.2. The molecule has 3 heteroatoms. The Morgan fingerprint density at radius 1 is 0.750 bits per heavy atom. The summed E-state index contributed by atoms with van der Waals surface area (Å²) in [5, 5.41) is 0. The minimum absolute atomic E-state index is 0.0811. The van der Waals surface area contributed by atoms with E-state index in [4.69, 9.17) is 0 Å². The molecule has 0 aliphatic carbocycles. The topological polar surface area (TPSA) is 37.4 Å². The second-order valence-corrected chi connectivity index (χ2v) is 3.62. The van der Waals surface area contributed by atoms with Crippen LogP contribution in [0.1, 0.15) is 76.1 Å². The molecule has 0 aromatic heterocycles. The zero-order chi connectivity index (χ0) is 16.3. The van der Waals surface area contributed by atoms with Gasteiger partial charge in [0.25, 0.3) is 11.8 Å². The Balaban J connectivity index is 0. The Morgan fingerprint density at radius 3 is 1.30 bits per heavy atom. The molecule has 0 N–H and O–H groups in total. The van der Waals surface area contributed by atoms with Gasteiger partial charge in [-0.2, -0.15) is 0 Å². The van der Waals surface area contributed by atoms with Gasteiger partial charge in [0, 0.05) is 6.04 Å². The third-order valence-electron chi connectivity index (χ3n) is 2.34.